The summed E-state index contributed by atoms with van der Waals surface area (Å²) in [4.78, 5) is 5.26. The Balaban J connectivity index is 2.62. The number of thiocarbonyl (C=S) groups is 1. The Morgan fingerprint density at radius 3 is 2.53 bits per heavy atom. The molecule has 0 amide bonds. The number of imidazole rings is 1. The average molecular weight is 275 g/mol. The quantitative estimate of drug-likeness (QED) is 0.872. The van der Waals surface area contributed by atoms with Crippen LogP contribution in [0.3, 0.4) is 0 Å². The molecule has 2 N–H and O–H groups in total. The summed E-state index contributed by atoms with van der Waals surface area (Å²) in [6.07, 6.45) is 0.940. The molecule has 0 aliphatic carbocycles. The minimum atomic E-state index is 0.502. The molecule has 0 bridgehead atoms. The largest absolute Gasteiger partial charge is 0.392 e. The van der Waals surface area contributed by atoms with Crippen molar-refractivity contribution < 1.29 is 0 Å². The van der Waals surface area contributed by atoms with Crippen molar-refractivity contribution in [2.45, 2.75) is 40.7 Å². The maximum absolute atomic E-state index is 5.73. The van der Waals surface area contributed by atoms with E-state index in [2.05, 4.69) is 44.4 Å². The fourth-order valence-corrected chi connectivity index (χ4v) is 2.41. The molecule has 2 rings (SSSR count). The number of hydrogen-bond acceptors (Lipinski definition) is 2. The van der Waals surface area contributed by atoms with E-state index in [4.69, 9.17) is 22.9 Å². The minimum absolute atomic E-state index is 0.502. The molecule has 0 aliphatic rings. The van der Waals surface area contributed by atoms with E-state index in [0.29, 0.717) is 17.5 Å². The SMILES string of the molecule is Cc1cc2nc(CC(C)C)n(CC(N)=S)c2cc1C. The Hall–Kier alpha value is -1.42. The highest BCUT2D eigenvalue weighted by atomic mass is 32.1. The maximum Gasteiger partial charge on any atom is 0.110 e. The summed E-state index contributed by atoms with van der Waals surface area (Å²) < 4.78 is 2.16. The normalized spacial score (nSPS) is 11.4. The minimum Gasteiger partial charge on any atom is -0.392 e. The number of benzene rings is 1. The molecule has 19 heavy (non-hydrogen) atoms. The van der Waals surface area contributed by atoms with Crippen LogP contribution in [0.15, 0.2) is 12.1 Å². The van der Waals surface area contributed by atoms with Crippen molar-refractivity contribution in [2.75, 3.05) is 0 Å². The van der Waals surface area contributed by atoms with Crippen LogP contribution in [-0.4, -0.2) is 14.5 Å². The first-order valence-electron chi connectivity index (χ1n) is 6.63. The van der Waals surface area contributed by atoms with E-state index in [9.17, 15) is 0 Å². The predicted octanol–water partition coefficient (Wildman–Crippen LogP) is 3.14. The monoisotopic (exact) mass is 275 g/mol. The molecule has 0 atom stereocenters. The lowest BCUT2D eigenvalue weighted by Crippen LogP contribution is -2.19. The van der Waals surface area contributed by atoms with Gasteiger partial charge in [-0.15, -0.1) is 0 Å². The molecule has 0 fully saturated rings. The third-order valence-electron chi connectivity index (χ3n) is 3.35. The lowest BCUT2D eigenvalue weighted by atomic mass is 10.1. The molecule has 0 radical (unpaired) electrons. The zero-order valence-electron chi connectivity index (χ0n) is 12.0. The van der Waals surface area contributed by atoms with Gasteiger partial charge in [-0.05, 0) is 43.0 Å². The number of fused-ring (bicyclic) bond motifs is 1. The van der Waals surface area contributed by atoms with E-state index in [-0.39, 0.29) is 0 Å². The summed E-state index contributed by atoms with van der Waals surface area (Å²) in [6.45, 7) is 9.19. The Kier molecular flexibility index (Phi) is 3.90. The summed E-state index contributed by atoms with van der Waals surface area (Å²) in [5.74, 6) is 1.63. The van der Waals surface area contributed by atoms with Gasteiger partial charge in [-0.25, -0.2) is 4.98 Å². The molecule has 1 aromatic heterocycles. The van der Waals surface area contributed by atoms with Crippen LogP contribution in [0.25, 0.3) is 11.0 Å². The summed E-state index contributed by atoms with van der Waals surface area (Å²) in [5.41, 5.74) is 10.4. The van der Waals surface area contributed by atoms with Crippen LogP contribution in [0.5, 0.6) is 0 Å². The topological polar surface area (TPSA) is 43.8 Å². The molecule has 3 nitrogen and oxygen atoms in total. The predicted molar refractivity (Wildman–Crippen MR) is 84.5 cm³/mol. The number of rotatable bonds is 4. The van der Waals surface area contributed by atoms with Gasteiger partial charge in [0, 0.05) is 6.42 Å². The first kappa shape index (κ1) is 14.0. The van der Waals surface area contributed by atoms with Crippen LogP contribution in [-0.2, 0) is 13.0 Å². The number of nitrogens with two attached hydrogens (primary N) is 1. The smallest absolute Gasteiger partial charge is 0.110 e. The molecule has 102 valence electrons. The Labute approximate surface area is 119 Å². The van der Waals surface area contributed by atoms with Crippen LogP contribution in [0.1, 0.15) is 30.8 Å². The first-order valence-corrected chi connectivity index (χ1v) is 7.04. The molecule has 4 heteroatoms. The Morgan fingerprint density at radius 1 is 1.32 bits per heavy atom. The summed E-state index contributed by atoms with van der Waals surface area (Å²) in [6, 6.07) is 4.32. The van der Waals surface area contributed by atoms with E-state index in [0.717, 1.165) is 23.3 Å². The van der Waals surface area contributed by atoms with Gasteiger partial charge < -0.3 is 10.3 Å². The van der Waals surface area contributed by atoms with Gasteiger partial charge >= 0.3 is 0 Å². The highest BCUT2D eigenvalue weighted by molar-refractivity contribution is 7.80. The van der Waals surface area contributed by atoms with Crippen molar-refractivity contribution >= 4 is 28.2 Å². The zero-order valence-corrected chi connectivity index (χ0v) is 12.8. The molecule has 0 saturated heterocycles. The molecule has 0 saturated carbocycles. The molecule has 2 aromatic rings. The van der Waals surface area contributed by atoms with Gasteiger partial charge in [-0.1, -0.05) is 26.1 Å². The van der Waals surface area contributed by atoms with E-state index in [1.807, 2.05) is 0 Å². The molecule has 1 aromatic carbocycles. The van der Waals surface area contributed by atoms with Gasteiger partial charge in [0.25, 0.3) is 0 Å². The lowest BCUT2D eigenvalue weighted by molar-refractivity contribution is 0.601. The fourth-order valence-electron chi connectivity index (χ4n) is 2.28. The second-order valence-electron chi connectivity index (χ2n) is 5.60. The van der Waals surface area contributed by atoms with Crippen molar-refractivity contribution in [3.8, 4) is 0 Å². The van der Waals surface area contributed by atoms with Crippen LogP contribution < -0.4 is 5.73 Å². The van der Waals surface area contributed by atoms with Gasteiger partial charge in [0.2, 0.25) is 0 Å². The first-order chi connectivity index (χ1) is 8.88. The van der Waals surface area contributed by atoms with E-state index < -0.39 is 0 Å². The number of nitrogens with zero attached hydrogens (tertiary/aromatic N) is 2. The standard InChI is InChI=1S/C15H21N3S/c1-9(2)5-15-17-12-6-10(3)11(4)7-13(12)18(15)8-14(16)19/h6-7,9H,5,8H2,1-4H3,(H2,16,19). The van der Waals surface area contributed by atoms with Crippen LogP contribution in [0.2, 0.25) is 0 Å². The molecular formula is C15H21N3S. The molecule has 1 heterocycles. The second kappa shape index (κ2) is 5.29. The van der Waals surface area contributed by atoms with Crippen molar-refractivity contribution in [3.63, 3.8) is 0 Å². The average Bonchev–Trinajstić information content (AvgIpc) is 2.56. The molecule has 0 spiro atoms. The maximum atomic E-state index is 5.73. The zero-order chi connectivity index (χ0) is 14.2. The third-order valence-corrected chi connectivity index (χ3v) is 3.48. The van der Waals surface area contributed by atoms with Crippen molar-refractivity contribution in [1.29, 1.82) is 0 Å². The van der Waals surface area contributed by atoms with Crippen LogP contribution in [0, 0.1) is 19.8 Å². The van der Waals surface area contributed by atoms with E-state index in [1.165, 1.54) is 11.1 Å². The Bertz CT molecular complexity index is 626. The summed E-state index contributed by atoms with van der Waals surface area (Å²) in [5, 5.41) is 0. The third kappa shape index (κ3) is 2.95. The molecular weight excluding hydrogens is 254 g/mol. The summed E-state index contributed by atoms with van der Waals surface area (Å²) >= 11 is 5.07. The van der Waals surface area contributed by atoms with Gasteiger partial charge in [-0.3, -0.25) is 0 Å². The van der Waals surface area contributed by atoms with E-state index >= 15 is 0 Å². The van der Waals surface area contributed by atoms with Gasteiger partial charge in [0.1, 0.15) is 5.82 Å². The van der Waals surface area contributed by atoms with E-state index in [1.54, 1.807) is 0 Å². The van der Waals surface area contributed by atoms with Gasteiger partial charge in [-0.2, -0.15) is 0 Å². The molecule has 0 unspecified atom stereocenters. The second-order valence-corrected chi connectivity index (χ2v) is 6.13. The Morgan fingerprint density at radius 2 is 1.95 bits per heavy atom. The number of aryl methyl sites for hydroxylation is 2. The van der Waals surface area contributed by atoms with Crippen molar-refractivity contribution in [2.24, 2.45) is 11.7 Å². The van der Waals surface area contributed by atoms with Crippen LogP contribution >= 0.6 is 12.2 Å². The van der Waals surface area contributed by atoms with Gasteiger partial charge in [0.05, 0.1) is 22.6 Å². The molecule has 0 aliphatic heterocycles. The number of aromatic nitrogens is 2. The summed E-state index contributed by atoms with van der Waals surface area (Å²) in [7, 11) is 0. The number of hydrogen-bond donors (Lipinski definition) is 1. The lowest BCUT2D eigenvalue weighted by Gasteiger charge is -2.10. The fraction of sp³-hybridized carbons (Fsp3) is 0.467. The van der Waals surface area contributed by atoms with Gasteiger partial charge in [0.15, 0.2) is 0 Å². The van der Waals surface area contributed by atoms with Crippen LogP contribution in [0.4, 0.5) is 0 Å². The highest BCUT2D eigenvalue weighted by Crippen LogP contribution is 2.22. The van der Waals surface area contributed by atoms with Crippen molar-refractivity contribution in [1.82, 2.24) is 9.55 Å². The van der Waals surface area contributed by atoms with Crippen molar-refractivity contribution in [3.05, 3.63) is 29.1 Å². The highest BCUT2D eigenvalue weighted by Gasteiger charge is 2.13.